The van der Waals surface area contributed by atoms with Gasteiger partial charge in [0.05, 0.1) is 12.7 Å². The van der Waals surface area contributed by atoms with E-state index in [1.165, 1.54) is 7.11 Å². The second kappa shape index (κ2) is 3.85. The summed E-state index contributed by atoms with van der Waals surface area (Å²) >= 11 is 0. The molecule has 0 aromatic carbocycles. The van der Waals surface area contributed by atoms with Crippen molar-refractivity contribution in [1.29, 1.82) is 0 Å². The van der Waals surface area contributed by atoms with E-state index in [0.717, 1.165) is 12.8 Å². The lowest BCUT2D eigenvalue weighted by Gasteiger charge is -2.08. The van der Waals surface area contributed by atoms with Crippen molar-refractivity contribution in [2.45, 2.75) is 12.8 Å². The Morgan fingerprint density at radius 1 is 1.50 bits per heavy atom. The zero-order valence-electron chi connectivity index (χ0n) is 6.87. The summed E-state index contributed by atoms with van der Waals surface area (Å²) in [7, 11) is 1.31. The minimum absolute atomic E-state index is 0.388. The highest BCUT2D eigenvalue weighted by Crippen LogP contribution is 2.17. The molecule has 3 nitrogen and oxygen atoms in total. The van der Waals surface area contributed by atoms with Gasteiger partial charge in [0, 0.05) is 5.57 Å². The van der Waals surface area contributed by atoms with Gasteiger partial charge in [-0.05, 0) is 12.8 Å². The van der Waals surface area contributed by atoms with Crippen LogP contribution in [0.4, 0.5) is 0 Å². The molecule has 1 aliphatic carbocycles. The average molecular weight is 166 g/mol. The molecule has 0 aromatic rings. The summed E-state index contributed by atoms with van der Waals surface area (Å²) < 4.78 is 4.51. The lowest BCUT2D eigenvalue weighted by atomic mass is 9.99. The van der Waals surface area contributed by atoms with Crippen LogP contribution < -0.4 is 0 Å². The van der Waals surface area contributed by atoms with Gasteiger partial charge in [0.2, 0.25) is 0 Å². The van der Waals surface area contributed by atoms with Crippen LogP contribution in [0.2, 0.25) is 0 Å². The molecule has 12 heavy (non-hydrogen) atoms. The van der Waals surface area contributed by atoms with Crippen molar-refractivity contribution < 1.29 is 14.3 Å². The number of rotatable bonds is 2. The predicted molar refractivity (Wildman–Crippen MR) is 43.5 cm³/mol. The Balaban J connectivity index is 2.87. The SMILES string of the molecule is COC(=O)C1=CCCC=C1C=O. The number of hydrogen-bond acceptors (Lipinski definition) is 3. The summed E-state index contributed by atoms with van der Waals surface area (Å²) in [4.78, 5) is 21.5. The van der Waals surface area contributed by atoms with E-state index in [9.17, 15) is 9.59 Å². The van der Waals surface area contributed by atoms with Crippen molar-refractivity contribution in [3.63, 3.8) is 0 Å². The maximum atomic E-state index is 11.0. The van der Waals surface area contributed by atoms with E-state index in [-0.39, 0.29) is 0 Å². The Morgan fingerprint density at radius 3 is 2.75 bits per heavy atom. The largest absolute Gasteiger partial charge is 0.465 e. The van der Waals surface area contributed by atoms with E-state index >= 15 is 0 Å². The summed E-state index contributed by atoms with van der Waals surface area (Å²) in [5.41, 5.74) is 0.826. The van der Waals surface area contributed by atoms with Crippen LogP contribution >= 0.6 is 0 Å². The number of carbonyl (C=O) groups excluding carboxylic acids is 2. The fourth-order valence-corrected chi connectivity index (χ4v) is 1.12. The molecule has 0 unspecified atom stereocenters. The van der Waals surface area contributed by atoms with Crippen molar-refractivity contribution in [1.82, 2.24) is 0 Å². The van der Waals surface area contributed by atoms with Gasteiger partial charge >= 0.3 is 5.97 Å². The van der Waals surface area contributed by atoms with Crippen LogP contribution in [0.15, 0.2) is 23.3 Å². The van der Waals surface area contributed by atoms with Gasteiger partial charge < -0.3 is 4.74 Å². The molecule has 0 N–H and O–H groups in total. The lowest BCUT2D eigenvalue weighted by molar-refractivity contribution is -0.136. The number of ether oxygens (including phenoxy) is 1. The van der Waals surface area contributed by atoms with Gasteiger partial charge in [0.1, 0.15) is 0 Å². The molecule has 0 aromatic heterocycles. The van der Waals surface area contributed by atoms with Gasteiger partial charge in [-0.25, -0.2) is 4.79 Å². The molecule has 0 heterocycles. The van der Waals surface area contributed by atoms with E-state index < -0.39 is 5.97 Å². The minimum atomic E-state index is -0.437. The third-order valence-corrected chi connectivity index (χ3v) is 1.72. The molecule has 3 heteroatoms. The Bertz CT molecular complexity index is 261. The highest BCUT2D eigenvalue weighted by atomic mass is 16.5. The van der Waals surface area contributed by atoms with Crippen LogP contribution in [0.25, 0.3) is 0 Å². The molecular weight excluding hydrogens is 156 g/mol. The van der Waals surface area contributed by atoms with Crippen LogP contribution in [-0.2, 0) is 14.3 Å². The van der Waals surface area contributed by atoms with Crippen molar-refractivity contribution in [3.8, 4) is 0 Å². The average Bonchev–Trinajstić information content (AvgIpc) is 2.16. The van der Waals surface area contributed by atoms with Gasteiger partial charge in [-0.2, -0.15) is 0 Å². The van der Waals surface area contributed by atoms with E-state index in [1.54, 1.807) is 12.2 Å². The standard InChI is InChI=1S/C9H10O3/c1-12-9(11)8-5-3-2-4-7(8)6-10/h4-6H,2-3H2,1H3. The smallest absolute Gasteiger partial charge is 0.338 e. The summed E-state index contributed by atoms with van der Waals surface area (Å²) in [6, 6.07) is 0. The minimum Gasteiger partial charge on any atom is -0.465 e. The first kappa shape index (κ1) is 8.71. The maximum Gasteiger partial charge on any atom is 0.338 e. The van der Waals surface area contributed by atoms with Gasteiger partial charge in [0.15, 0.2) is 6.29 Å². The second-order valence-electron chi connectivity index (χ2n) is 2.46. The number of allylic oxidation sites excluding steroid dienone is 2. The molecule has 0 aliphatic heterocycles. The highest BCUT2D eigenvalue weighted by molar-refractivity contribution is 6.02. The molecule has 0 saturated heterocycles. The molecular formula is C9H10O3. The normalized spacial score (nSPS) is 16.1. The van der Waals surface area contributed by atoms with Crippen molar-refractivity contribution >= 4 is 12.3 Å². The van der Waals surface area contributed by atoms with Crippen molar-refractivity contribution in [3.05, 3.63) is 23.3 Å². The molecule has 0 amide bonds. The lowest BCUT2D eigenvalue weighted by Crippen LogP contribution is -2.10. The van der Waals surface area contributed by atoms with Crippen molar-refractivity contribution in [2.75, 3.05) is 7.11 Å². The highest BCUT2D eigenvalue weighted by Gasteiger charge is 2.15. The summed E-state index contributed by atoms with van der Waals surface area (Å²) in [5.74, 6) is -0.437. The number of methoxy groups -OCH3 is 1. The van der Waals surface area contributed by atoms with Gasteiger partial charge in [0.25, 0.3) is 0 Å². The second-order valence-corrected chi connectivity index (χ2v) is 2.46. The number of aldehydes is 1. The van der Waals surface area contributed by atoms with E-state index in [4.69, 9.17) is 0 Å². The van der Waals surface area contributed by atoms with Crippen LogP contribution in [0.5, 0.6) is 0 Å². The van der Waals surface area contributed by atoms with E-state index in [2.05, 4.69) is 4.74 Å². The first-order valence-electron chi connectivity index (χ1n) is 3.73. The monoisotopic (exact) mass is 166 g/mol. The van der Waals surface area contributed by atoms with Crippen molar-refractivity contribution in [2.24, 2.45) is 0 Å². The van der Waals surface area contributed by atoms with Crippen LogP contribution in [0.1, 0.15) is 12.8 Å². The Kier molecular flexibility index (Phi) is 2.80. The molecule has 0 radical (unpaired) electrons. The van der Waals surface area contributed by atoms with Gasteiger partial charge in [-0.1, -0.05) is 12.2 Å². The fraction of sp³-hybridized carbons (Fsp3) is 0.333. The van der Waals surface area contributed by atoms with Crippen LogP contribution in [0, 0.1) is 0 Å². The zero-order chi connectivity index (χ0) is 8.97. The number of hydrogen-bond donors (Lipinski definition) is 0. The summed E-state index contributed by atoms with van der Waals surface area (Å²) in [5, 5.41) is 0. The number of esters is 1. The Morgan fingerprint density at radius 2 is 2.17 bits per heavy atom. The molecule has 0 bridgehead atoms. The van der Waals surface area contributed by atoms with Crippen LogP contribution in [-0.4, -0.2) is 19.4 Å². The molecule has 0 atom stereocenters. The van der Waals surface area contributed by atoms with Gasteiger partial charge in [-0.3, -0.25) is 4.79 Å². The quantitative estimate of drug-likeness (QED) is 0.454. The molecule has 0 spiro atoms. The Labute approximate surface area is 70.7 Å². The zero-order valence-corrected chi connectivity index (χ0v) is 6.87. The molecule has 1 aliphatic rings. The van der Waals surface area contributed by atoms with E-state index in [0.29, 0.717) is 17.4 Å². The molecule has 0 fully saturated rings. The summed E-state index contributed by atoms with van der Waals surface area (Å²) in [6.07, 6.45) is 5.77. The first-order valence-corrected chi connectivity index (χ1v) is 3.73. The maximum absolute atomic E-state index is 11.0. The Hall–Kier alpha value is -1.38. The molecule has 1 rings (SSSR count). The summed E-state index contributed by atoms with van der Waals surface area (Å²) in [6.45, 7) is 0. The third kappa shape index (κ3) is 1.61. The van der Waals surface area contributed by atoms with Crippen LogP contribution in [0.3, 0.4) is 0 Å². The van der Waals surface area contributed by atoms with E-state index in [1.807, 2.05) is 0 Å². The molecule has 64 valence electrons. The topological polar surface area (TPSA) is 43.4 Å². The molecule has 0 saturated carbocycles. The predicted octanol–water partition coefficient (Wildman–Crippen LogP) is 1.00. The number of carbonyl (C=O) groups is 2. The third-order valence-electron chi connectivity index (χ3n) is 1.72. The fourth-order valence-electron chi connectivity index (χ4n) is 1.12. The van der Waals surface area contributed by atoms with Gasteiger partial charge in [-0.15, -0.1) is 0 Å². The first-order chi connectivity index (χ1) is 5.79.